The third kappa shape index (κ3) is 4.77. The average Bonchev–Trinajstić information content (AvgIpc) is 2.74. The van der Waals surface area contributed by atoms with E-state index in [-0.39, 0.29) is 17.3 Å². The molecule has 7 nitrogen and oxygen atoms in total. The van der Waals surface area contributed by atoms with Crippen LogP contribution in [0.2, 0.25) is 0 Å². The zero-order chi connectivity index (χ0) is 21.0. The average molecular weight is 419 g/mol. The second-order valence-electron chi connectivity index (χ2n) is 7.01. The van der Waals surface area contributed by atoms with Gasteiger partial charge in [-0.1, -0.05) is 17.7 Å². The highest BCUT2D eigenvalue weighted by Crippen LogP contribution is 2.25. The molecule has 2 aromatic rings. The number of methoxy groups -OCH3 is 1. The summed E-state index contributed by atoms with van der Waals surface area (Å²) in [5, 5.41) is 0. The van der Waals surface area contributed by atoms with E-state index in [0.717, 1.165) is 5.56 Å². The third-order valence-corrected chi connectivity index (χ3v) is 6.77. The molecule has 0 aromatic heterocycles. The van der Waals surface area contributed by atoms with Crippen LogP contribution >= 0.6 is 0 Å². The van der Waals surface area contributed by atoms with Crippen molar-refractivity contribution in [2.45, 2.75) is 18.4 Å². The fraction of sp³-hybridized carbons (Fsp3) is 0.381. The summed E-state index contributed by atoms with van der Waals surface area (Å²) in [6.07, 6.45) is 0. The lowest BCUT2D eigenvalue weighted by molar-refractivity contribution is 0.0303. The van der Waals surface area contributed by atoms with Crippen LogP contribution in [0.5, 0.6) is 5.75 Å². The van der Waals surface area contributed by atoms with Crippen LogP contribution in [-0.2, 0) is 21.3 Å². The smallest absolute Gasteiger partial charge is 0.254 e. The van der Waals surface area contributed by atoms with Gasteiger partial charge in [-0.2, -0.15) is 4.31 Å². The van der Waals surface area contributed by atoms with Gasteiger partial charge >= 0.3 is 0 Å². The minimum Gasteiger partial charge on any atom is -0.496 e. The van der Waals surface area contributed by atoms with Crippen LogP contribution in [0.4, 0.5) is 0 Å². The quantitative estimate of drug-likeness (QED) is 0.720. The van der Waals surface area contributed by atoms with Crippen molar-refractivity contribution in [3.63, 3.8) is 0 Å². The molecular weight excluding hydrogens is 392 g/mol. The molecule has 0 unspecified atom stereocenters. The molecule has 3 rings (SSSR count). The van der Waals surface area contributed by atoms with E-state index in [1.54, 1.807) is 47.4 Å². The summed E-state index contributed by atoms with van der Waals surface area (Å²) in [5.41, 5.74) is 2.12. The van der Waals surface area contributed by atoms with Gasteiger partial charge < -0.3 is 14.4 Å². The highest BCUT2D eigenvalue weighted by molar-refractivity contribution is 7.89. The highest BCUT2D eigenvalue weighted by atomic mass is 32.2. The van der Waals surface area contributed by atoms with E-state index in [1.165, 1.54) is 18.5 Å². The lowest BCUT2D eigenvalue weighted by Crippen LogP contribution is -2.40. The summed E-state index contributed by atoms with van der Waals surface area (Å²) >= 11 is 0. The van der Waals surface area contributed by atoms with Crippen molar-refractivity contribution >= 4 is 15.9 Å². The van der Waals surface area contributed by atoms with Crippen molar-refractivity contribution in [1.82, 2.24) is 9.21 Å². The van der Waals surface area contributed by atoms with E-state index in [0.29, 0.717) is 43.2 Å². The normalized spacial score (nSPS) is 14.8. The maximum absolute atomic E-state index is 12.9. The van der Waals surface area contributed by atoms with E-state index in [4.69, 9.17) is 9.47 Å². The van der Waals surface area contributed by atoms with Crippen molar-refractivity contribution in [1.29, 1.82) is 0 Å². The van der Waals surface area contributed by atoms with Crippen molar-refractivity contribution < 1.29 is 22.7 Å². The Morgan fingerprint density at radius 1 is 1.14 bits per heavy atom. The first-order valence-electron chi connectivity index (χ1n) is 9.40. The molecular formula is C21H26N2O5S. The topological polar surface area (TPSA) is 76.2 Å². The minimum absolute atomic E-state index is 0.0869. The summed E-state index contributed by atoms with van der Waals surface area (Å²) in [6.45, 7) is 4.12. The molecule has 1 aliphatic rings. The minimum atomic E-state index is -3.67. The molecule has 0 aliphatic carbocycles. The molecule has 156 valence electrons. The van der Waals surface area contributed by atoms with E-state index in [1.807, 2.05) is 6.92 Å². The molecule has 1 heterocycles. The lowest BCUT2D eigenvalue weighted by atomic mass is 10.1. The number of nitrogens with zero attached hydrogens (tertiary/aromatic N) is 2. The molecule has 8 heteroatoms. The molecule has 2 aromatic carbocycles. The van der Waals surface area contributed by atoms with Crippen LogP contribution in [0.3, 0.4) is 0 Å². The highest BCUT2D eigenvalue weighted by Gasteiger charge is 2.24. The maximum atomic E-state index is 12.9. The third-order valence-electron chi connectivity index (χ3n) is 4.95. The summed E-state index contributed by atoms with van der Waals surface area (Å²) < 4.78 is 37.8. The van der Waals surface area contributed by atoms with E-state index in [2.05, 4.69) is 0 Å². The Balaban J connectivity index is 1.85. The number of aryl methyl sites for hydroxylation is 1. The Bertz CT molecular complexity index is 967. The van der Waals surface area contributed by atoms with Crippen LogP contribution in [0.25, 0.3) is 0 Å². The monoisotopic (exact) mass is 418 g/mol. The molecule has 1 aliphatic heterocycles. The van der Waals surface area contributed by atoms with Gasteiger partial charge in [0.15, 0.2) is 0 Å². The summed E-state index contributed by atoms with van der Waals surface area (Å²) in [7, 11) is -0.623. The number of hydrogen-bond donors (Lipinski definition) is 0. The van der Waals surface area contributed by atoms with Crippen molar-refractivity contribution in [2.75, 3.05) is 40.5 Å². The Morgan fingerprint density at radius 3 is 2.41 bits per heavy atom. The standard InChI is InChI=1S/C21H26N2O5S/c1-16-4-7-19(8-5-16)29(25,26)22(2)15-18-14-17(6-9-20(18)27-3)21(24)23-10-12-28-13-11-23/h4-9,14H,10-13,15H2,1-3H3. The van der Waals surface area contributed by atoms with Crippen LogP contribution in [0.1, 0.15) is 21.5 Å². The van der Waals surface area contributed by atoms with Gasteiger partial charge in [0.25, 0.3) is 5.91 Å². The zero-order valence-electron chi connectivity index (χ0n) is 16.9. The first-order valence-corrected chi connectivity index (χ1v) is 10.8. The van der Waals surface area contributed by atoms with Gasteiger partial charge in [0, 0.05) is 37.8 Å². The Morgan fingerprint density at radius 2 is 1.79 bits per heavy atom. The summed E-state index contributed by atoms with van der Waals surface area (Å²) in [4.78, 5) is 14.8. The van der Waals surface area contributed by atoms with Crippen LogP contribution in [0, 0.1) is 6.92 Å². The second kappa shape index (κ2) is 8.94. The van der Waals surface area contributed by atoms with Crippen LogP contribution < -0.4 is 4.74 Å². The molecule has 1 amide bonds. The van der Waals surface area contributed by atoms with Gasteiger partial charge in [-0.25, -0.2) is 8.42 Å². The largest absolute Gasteiger partial charge is 0.496 e. The van der Waals surface area contributed by atoms with Crippen LogP contribution in [-0.4, -0.2) is 64.0 Å². The number of carbonyl (C=O) groups excluding carboxylic acids is 1. The fourth-order valence-corrected chi connectivity index (χ4v) is 4.35. The molecule has 1 fully saturated rings. The molecule has 29 heavy (non-hydrogen) atoms. The van der Waals surface area contributed by atoms with Crippen molar-refractivity contribution in [3.8, 4) is 5.75 Å². The summed E-state index contributed by atoms with van der Waals surface area (Å²) in [6, 6.07) is 11.8. The van der Waals surface area contributed by atoms with Crippen LogP contribution in [0.15, 0.2) is 47.4 Å². The first-order chi connectivity index (χ1) is 13.8. The SMILES string of the molecule is COc1ccc(C(=O)N2CCOCC2)cc1CN(C)S(=O)(=O)c1ccc(C)cc1. The van der Waals surface area contributed by atoms with E-state index < -0.39 is 10.0 Å². The van der Waals surface area contributed by atoms with E-state index in [9.17, 15) is 13.2 Å². The van der Waals surface area contributed by atoms with Crippen molar-refractivity contribution in [3.05, 3.63) is 59.2 Å². The molecule has 0 bridgehead atoms. The predicted octanol–water partition coefficient (Wildman–Crippen LogP) is 2.30. The molecule has 0 radical (unpaired) electrons. The summed E-state index contributed by atoms with van der Waals surface area (Å²) in [5.74, 6) is 0.440. The zero-order valence-corrected chi connectivity index (χ0v) is 17.7. The Labute approximate surface area is 171 Å². The molecule has 0 N–H and O–H groups in total. The van der Waals surface area contributed by atoms with Gasteiger partial charge in [-0.15, -0.1) is 0 Å². The number of morpholine rings is 1. The van der Waals surface area contributed by atoms with Gasteiger partial charge in [0.05, 0.1) is 25.2 Å². The lowest BCUT2D eigenvalue weighted by Gasteiger charge is -2.27. The Hall–Kier alpha value is -2.42. The fourth-order valence-electron chi connectivity index (χ4n) is 3.20. The number of rotatable bonds is 6. The Kier molecular flexibility index (Phi) is 6.56. The second-order valence-corrected chi connectivity index (χ2v) is 9.05. The molecule has 0 atom stereocenters. The number of ether oxygens (including phenoxy) is 2. The maximum Gasteiger partial charge on any atom is 0.254 e. The predicted molar refractivity (Wildman–Crippen MR) is 110 cm³/mol. The number of benzene rings is 2. The van der Waals surface area contributed by atoms with E-state index >= 15 is 0 Å². The van der Waals surface area contributed by atoms with Gasteiger partial charge in [0.2, 0.25) is 10.0 Å². The number of hydrogen-bond acceptors (Lipinski definition) is 5. The molecule has 0 spiro atoms. The van der Waals surface area contributed by atoms with Gasteiger partial charge in [-0.3, -0.25) is 4.79 Å². The van der Waals surface area contributed by atoms with Gasteiger partial charge in [-0.05, 0) is 37.3 Å². The molecule has 1 saturated heterocycles. The number of carbonyl (C=O) groups is 1. The van der Waals surface area contributed by atoms with Crippen molar-refractivity contribution in [2.24, 2.45) is 0 Å². The number of amides is 1. The molecule has 0 saturated carbocycles. The number of sulfonamides is 1. The van der Waals surface area contributed by atoms with Gasteiger partial charge in [0.1, 0.15) is 5.75 Å². The first kappa shape index (κ1) is 21.3.